The van der Waals surface area contributed by atoms with Gasteiger partial charge in [0, 0.05) is 17.7 Å². The van der Waals surface area contributed by atoms with Gasteiger partial charge in [-0.05, 0) is 28.4 Å². The number of hydrogen-bond donors (Lipinski definition) is 1. The van der Waals surface area contributed by atoms with Gasteiger partial charge in [0.15, 0.2) is 0 Å². The average Bonchev–Trinajstić information content (AvgIpc) is 3.00. The number of pyridine rings is 1. The number of aromatic carboxylic acids is 1. The molecule has 6 heteroatoms. The number of nitrogens with zero attached hydrogens (tertiary/aromatic N) is 3. The minimum Gasteiger partial charge on any atom is -0.478 e. The second-order valence-electron chi connectivity index (χ2n) is 4.32. The molecule has 0 bridgehead atoms. The highest BCUT2D eigenvalue weighted by Gasteiger charge is 2.40. The summed E-state index contributed by atoms with van der Waals surface area (Å²) in [4.78, 5) is 11.1. The predicted molar refractivity (Wildman–Crippen MR) is 66.3 cm³/mol. The monoisotopic (exact) mass is 305 g/mol. The zero-order valence-corrected chi connectivity index (χ0v) is 10.8. The van der Waals surface area contributed by atoms with Crippen LogP contribution in [0.1, 0.15) is 28.3 Å². The molecule has 3 rings (SSSR count). The lowest BCUT2D eigenvalue weighted by atomic mass is 10.1. The smallest absolute Gasteiger partial charge is 0.336 e. The highest BCUT2D eigenvalue weighted by atomic mass is 79.9. The van der Waals surface area contributed by atoms with Gasteiger partial charge in [0.05, 0.1) is 33.7 Å². The molecule has 1 saturated carbocycles. The fourth-order valence-electron chi connectivity index (χ4n) is 2.18. The molecule has 2 aromatic rings. The van der Waals surface area contributed by atoms with Gasteiger partial charge >= 0.3 is 5.97 Å². The molecule has 1 N–H and O–H groups in total. The second kappa shape index (κ2) is 3.82. The van der Waals surface area contributed by atoms with Gasteiger partial charge in [-0.2, -0.15) is 10.4 Å². The highest BCUT2D eigenvalue weighted by molar-refractivity contribution is 9.10. The Bertz CT molecular complexity index is 701. The van der Waals surface area contributed by atoms with Crippen LogP contribution in [-0.2, 0) is 0 Å². The maximum atomic E-state index is 11.1. The molecule has 0 spiro atoms. The molecule has 2 unspecified atom stereocenters. The molecule has 1 aliphatic rings. The first-order chi connectivity index (χ1) is 8.63. The Kier molecular flexibility index (Phi) is 2.38. The van der Waals surface area contributed by atoms with Crippen molar-refractivity contribution in [2.45, 2.75) is 12.3 Å². The Balaban J connectivity index is 2.20. The van der Waals surface area contributed by atoms with E-state index >= 15 is 0 Å². The van der Waals surface area contributed by atoms with Gasteiger partial charge in [-0.3, -0.25) is 0 Å². The molecule has 2 atom stereocenters. The molecule has 0 aliphatic heterocycles. The topological polar surface area (TPSA) is 78.4 Å². The Morgan fingerprint density at radius 2 is 2.44 bits per heavy atom. The van der Waals surface area contributed by atoms with Gasteiger partial charge in [-0.15, -0.1) is 0 Å². The van der Waals surface area contributed by atoms with Crippen LogP contribution in [0.25, 0.3) is 5.52 Å². The summed E-state index contributed by atoms with van der Waals surface area (Å²) in [5.74, 6) is -0.782. The molecule has 90 valence electrons. The number of halogens is 1. The molecule has 1 aliphatic carbocycles. The minimum absolute atomic E-state index is 0.0263. The minimum atomic E-state index is -0.982. The van der Waals surface area contributed by atoms with E-state index in [0.29, 0.717) is 4.47 Å². The van der Waals surface area contributed by atoms with Gasteiger partial charge in [0.25, 0.3) is 0 Å². The van der Waals surface area contributed by atoms with Crippen LogP contribution in [0.4, 0.5) is 0 Å². The van der Waals surface area contributed by atoms with Crippen molar-refractivity contribution in [2.75, 3.05) is 0 Å². The first-order valence-electron chi connectivity index (χ1n) is 5.42. The predicted octanol–water partition coefficient (Wildman–Crippen LogP) is 2.42. The fourth-order valence-corrected chi connectivity index (χ4v) is 2.89. The number of carboxylic acid groups (broad SMARTS) is 1. The average molecular weight is 306 g/mol. The number of carbonyl (C=O) groups is 1. The number of nitriles is 1. The SMILES string of the molecule is N#CC1CC1c1cnn2ccc(C(=O)O)c(Br)c12. The van der Waals surface area contributed by atoms with Gasteiger partial charge in [0.1, 0.15) is 0 Å². The molecule has 2 heterocycles. The number of hydrogen-bond acceptors (Lipinski definition) is 3. The van der Waals surface area contributed by atoms with Crippen LogP contribution < -0.4 is 0 Å². The van der Waals surface area contributed by atoms with E-state index in [9.17, 15) is 4.79 Å². The van der Waals surface area contributed by atoms with Crippen molar-refractivity contribution in [1.82, 2.24) is 9.61 Å². The summed E-state index contributed by atoms with van der Waals surface area (Å²) in [6.07, 6.45) is 4.16. The summed E-state index contributed by atoms with van der Waals surface area (Å²) in [6.45, 7) is 0. The number of carboxylic acids is 1. The van der Waals surface area contributed by atoms with Crippen LogP contribution in [0.15, 0.2) is 22.9 Å². The van der Waals surface area contributed by atoms with Crippen molar-refractivity contribution < 1.29 is 9.90 Å². The highest BCUT2D eigenvalue weighted by Crippen LogP contribution is 2.49. The van der Waals surface area contributed by atoms with Crippen molar-refractivity contribution >= 4 is 27.4 Å². The summed E-state index contributed by atoms with van der Waals surface area (Å²) >= 11 is 3.33. The second-order valence-corrected chi connectivity index (χ2v) is 5.11. The van der Waals surface area contributed by atoms with E-state index in [2.05, 4.69) is 27.1 Å². The lowest BCUT2D eigenvalue weighted by Crippen LogP contribution is -2.01. The Morgan fingerprint density at radius 1 is 1.67 bits per heavy atom. The maximum absolute atomic E-state index is 11.1. The Hall–Kier alpha value is -1.87. The molecule has 0 aromatic carbocycles. The van der Waals surface area contributed by atoms with Gasteiger partial charge in [-0.25, -0.2) is 9.31 Å². The molecule has 5 nitrogen and oxygen atoms in total. The van der Waals surface area contributed by atoms with Crippen LogP contribution in [0.5, 0.6) is 0 Å². The van der Waals surface area contributed by atoms with Gasteiger partial charge in [-0.1, -0.05) is 0 Å². The van der Waals surface area contributed by atoms with Crippen molar-refractivity contribution in [3.63, 3.8) is 0 Å². The summed E-state index contributed by atoms with van der Waals surface area (Å²) in [5.41, 5.74) is 1.90. The van der Waals surface area contributed by atoms with Crippen LogP contribution in [0.3, 0.4) is 0 Å². The number of rotatable bonds is 2. The Morgan fingerprint density at radius 3 is 3.06 bits per heavy atom. The maximum Gasteiger partial charge on any atom is 0.336 e. The third kappa shape index (κ3) is 1.51. The van der Waals surface area contributed by atoms with E-state index in [0.717, 1.165) is 17.5 Å². The zero-order chi connectivity index (χ0) is 12.9. The zero-order valence-electron chi connectivity index (χ0n) is 9.17. The largest absolute Gasteiger partial charge is 0.478 e. The summed E-state index contributed by atoms with van der Waals surface area (Å²) in [5, 5.41) is 22.2. The van der Waals surface area contributed by atoms with Gasteiger partial charge in [0.2, 0.25) is 0 Å². The van der Waals surface area contributed by atoms with Crippen molar-refractivity contribution in [2.24, 2.45) is 5.92 Å². The van der Waals surface area contributed by atoms with E-state index in [1.807, 2.05) is 0 Å². The van der Waals surface area contributed by atoms with Crippen LogP contribution in [0, 0.1) is 17.2 Å². The molecular formula is C12H8BrN3O2. The molecule has 0 radical (unpaired) electrons. The molecule has 0 amide bonds. The lowest BCUT2D eigenvalue weighted by Gasteiger charge is -2.03. The quantitative estimate of drug-likeness (QED) is 0.924. The van der Waals surface area contributed by atoms with Crippen molar-refractivity contribution in [3.8, 4) is 6.07 Å². The first-order valence-corrected chi connectivity index (χ1v) is 6.21. The van der Waals surface area contributed by atoms with E-state index in [1.165, 1.54) is 6.07 Å². The van der Waals surface area contributed by atoms with Crippen LogP contribution >= 0.6 is 15.9 Å². The molecular weight excluding hydrogens is 298 g/mol. The standard InChI is InChI=1S/C12H8BrN3O2/c13-10-7(12(17)18)1-2-16-11(10)9(5-15-16)8-3-6(8)4-14/h1-2,5-6,8H,3H2,(H,17,18). The summed E-state index contributed by atoms with van der Waals surface area (Å²) in [6, 6.07) is 3.73. The number of fused-ring (bicyclic) bond motifs is 1. The van der Waals surface area contributed by atoms with E-state index in [4.69, 9.17) is 10.4 Å². The van der Waals surface area contributed by atoms with Crippen molar-refractivity contribution in [1.29, 1.82) is 5.26 Å². The lowest BCUT2D eigenvalue weighted by molar-refractivity contribution is 0.0696. The van der Waals surface area contributed by atoms with Crippen LogP contribution in [0.2, 0.25) is 0 Å². The van der Waals surface area contributed by atoms with Crippen LogP contribution in [-0.4, -0.2) is 20.7 Å². The van der Waals surface area contributed by atoms with E-state index in [-0.39, 0.29) is 17.4 Å². The normalized spacial score (nSPS) is 21.8. The molecule has 18 heavy (non-hydrogen) atoms. The first kappa shape index (κ1) is 11.2. The molecule has 1 fully saturated rings. The van der Waals surface area contributed by atoms with Crippen molar-refractivity contribution in [3.05, 3.63) is 34.1 Å². The fraction of sp³-hybridized carbons (Fsp3) is 0.250. The van der Waals surface area contributed by atoms with Gasteiger partial charge < -0.3 is 5.11 Å². The van der Waals surface area contributed by atoms with E-state index < -0.39 is 5.97 Å². The number of aromatic nitrogens is 2. The summed E-state index contributed by atoms with van der Waals surface area (Å²) in [7, 11) is 0. The molecule has 0 saturated heterocycles. The molecule has 2 aromatic heterocycles. The van der Waals surface area contributed by atoms with E-state index in [1.54, 1.807) is 16.9 Å². The Labute approximate surface area is 111 Å². The third-order valence-electron chi connectivity index (χ3n) is 3.24. The third-order valence-corrected chi connectivity index (χ3v) is 4.04. The summed E-state index contributed by atoms with van der Waals surface area (Å²) < 4.78 is 2.16.